The highest BCUT2D eigenvalue weighted by Gasteiger charge is 2.15. The first-order valence-electron chi connectivity index (χ1n) is 7.46. The van der Waals surface area contributed by atoms with Crippen molar-refractivity contribution < 1.29 is 4.79 Å². The first kappa shape index (κ1) is 15.0. The quantitative estimate of drug-likeness (QED) is 0.683. The molecule has 3 rings (SSSR count). The average Bonchev–Trinajstić information content (AvgIpc) is 2.95. The molecule has 7 heteroatoms. The van der Waals surface area contributed by atoms with E-state index < -0.39 is 0 Å². The molecule has 23 heavy (non-hydrogen) atoms. The van der Waals surface area contributed by atoms with Gasteiger partial charge in [-0.1, -0.05) is 13.0 Å². The maximum Gasteiger partial charge on any atom is 0.271 e. The van der Waals surface area contributed by atoms with Crippen LogP contribution in [0, 0.1) is 6.92 Å². The minimum atomic E-state index is -0.271. The van der Waals surface area contributed by atoms with Gasteiger partial charge in [0.15, 0.2) is 11.6 Å². The van der Waals surface area contributed by atoms with E-state index >= 15 is 0 Å². The number of hydrogen-bond acceptors (Lipinski definition) is 5. The Morgan fingerprint density at radius 2 is 2.17 bits per heavy atom. The molecule has 0 spiro atoms. The zero-order chi connectivity index (χ0) is 16.4. The molecule has 7 nitrogen and oxygen atoms in total. The van der Waals surface area contributed by atoms with Crippen LogP contribution in [0.3, 0.4) is 0 Å². The molecular weight excluding hydrogens is 292 g/mol. The highest BCUT2D eigenvalue weighted by Crippen LogP contribution is 2.23. The van der Waals surface area contributed by atoms with Crippen molar-refractivity contribution in [2.24, 2.45) is 0 Å². The molecule has 0 radical (unpaired) electrons. The number of nitrogen functional groups attached to an aromatic ring is 1. The second-order valence-corrected chi connectivity index (χ2v) is 5.35. The van der Waals surface area contributed by atoms with Gasteiger partial charge in [0.25, 0.3) is 5.91 Å². The zero-order valence-electron chi connectivity index (χ0n) is 13.1. The Kier molecular flexibility index (Phi) is 3.92. The molecule has 3 aromatic rings. The molecule has 0 aliphatic rings. The van der Waals surface area contributed by atoms with Crippen molar-refractivity contribution in [3.63, 3.8) is 0 Å². The number of carbonyl (C=O) groups is 1. The fourth-order valence-electron chi connectivity index (χ4n) is 2.25. The fraction of sp³-hybridized carbons (Fsp3) is 0.250. The number of H-pyrrole nitrogens is 1. The summed E-state index contributed by atoms with van der Waals surface area (Å²) in [5.74, 6) is 0.459. The first-order chi connectivity index (χ1) is 11.1. The van der Waals surface area contributed by atoms with Crippen LogP contribution < -0.4 is 11.1 Å². The van der Waals surface area contributed by atoms with Gasteiger partial charge in [-0.25, -0.2) is 15.0 Å². The van der Waals surface area contributed by atoms with Gasteiger partial charge in [-0.3, -0.25) is 4.79 Å². The third kappa shape index (κ3) is 2.98. The van der Waals surface area contributed by atoms with E-state index in [1.165, 1.54) is 6.20 Å². The van der Waals surface area contributed by atoms with E-state index in [0.717, 1.165) is 23.0 Å². The predicted molar refractivity (Wildman–Crippen MR) is 88.9 cm³/mol. The smallest absolute Gasteiger partial charge is 0.271 e. The number of aromatic amines is 1. The van der Waals surface area contributed by atoms with Crippen LogP contribution in [-0.4, -0.2) is 32.4 Å². The lowest BCUT2D eigenvalue weighted by atomic mass is 10.2. The first-order valence-corrected chi connectivity index (χ1v) is 7.46. The van der Waals surface area contributed by atoms with Gasteiger partial charge < -0.3 is 16.0 Å². The lowest BCUT2D eigenvalue weighted by Gasteiger charge is -2.05. The highest BCUT2D eigenvalue weighted by molar-refractivity contribution is 5.93. The number of nitrogens with two attached hydrogens (primary N) is 1. The van der Waals surface area contributed by atoms with Crippen LogP contribution in [0.1, 0.15) is 29.4 Å². The number of carbonyl (C=O) groups excluding carboxylic acids is 1. The Bertz CT molecular complexity index is 870. The van der Waals surface area contributed by atoms with Crippen LogP contribution in [0.25, 0.3) is 22.6 Å². The van der Waals surface area contributed by atoms with E-state index in [1.54, 1.807) is 0 Å². The van der Waals surface area contributed by atoms with Crippen LogP contribution in [0.15, 0.2) is 24.4 Å². The molecule has 0 aliphatic carbocycles. The normalized spacial score (nSPS) is 10.9. The molecule has 118 valence electrons. The number of aromatic nitrogens is 4. The Morgan fingerprint density at radius 3 is 2.96 bits per heavy atom. The largest absolute Gasteiger partial charge is 0.382 e. The molecule has 0 fully saturated rings. The van der Waals surface area contributed by atoms with Crippen LogP contribution in [0.4, 0.5) is 5.82 Å². The highest BCUT2D eigenvalue weighted by atomic mass is 16.1. The summed E-state index contributed by atoms with van der Waals surface area (Å²) < 4.78 is 0. The molecule has 1 aromatic carbocycles. The maximum atomic E-state index is 12.0. The molecule has 2 heterocycles. The van der Waals surface area contributed by atoms with Gasteiger partial charge in [-0.15, -0.1) is 0 Å². The molecule has 0 bridgehead atoms. The molecule has 0 aliphatic heterocycles. The number of aryl methyl sites for hydroxylation is 1. The summed E-state index contributed by atoms with van der Waals surface area (Å²) in [5, 5.41) is 2.77. The summed E-state index contributed by atoms with van der Waals surface area (Å²) in [5.41, 5.74) is 9.34. The monoisotopic (exact) mass is 310 g/mol. The fourth-order valence-corrected chi connectivity index (χ4v) is 2.25. The summed E-state index contributed by atoms with van der Waals surface area (Å²) in [7, 11) is 0. The lowest BCUT2D eigenvalue weighted by Crippen LogP contribution is -2.25. The Labute approximate surface area is 133 Å². The molecule has 0 saturated heterocycles. The molecule has 0 saturated carbocycles. The number of imidazole rings is 1. The van der Waals surface area contributed by atoms with Crippen molar-refractivity contribution in [1.82, 2.24) is 25.3 Å². The Hall–Kier alpha value is -2.96. The van der Waals surface area contributed by atoms with Gasteiger partial charge >= 0.3 is 0 Å². The molecular formula is C16H18N6O. The molecule has 1 amide bonds. The number of nitrogens with one attached hydrogen (secondary N) is 2. The Balaban J connectivity index is 2.01. The van der Waals surface area contributed by atoms with Gasteiger partial charge in [0, 0.05) is 6.54 Å². The van der Waals surface area contributed by atoms with Crippen molar-refractivity contribution in [1.29, 1.82) is 0 Å². The van der Waals surface area contributed by atoms with E-state index in [0.29, 0.717) is 18.1 Å². The summed E-state index contributed by atoms with van der Waals surface area (Å²) in [6.45, 7) is 4.58. The van der Waals surface area contributed by atoms with Crippen molar-refractivity contribution in [2.45, 2.75) is 20.3 Å². The SMILES string of the molecule is CCCNC(=O)c1cnc(N)c(-c2nc3ccc(C)cc3[nH]2)n1. The van der Waals surface area contributed by atoms with Crippen LogP contribution in [0.2, 0.25) is 0 Å². The third-order valence-corrected chi connectivity index (χ3v) is 3.43. The second kappa shape index (κ2) is 6.04. The second-order valence-electron chi connectivity index (χ2n) is 5.35. The minimum Gasteiger partial charge on any atom is -0.382 e. The predicted octanol–water partition coefficient (Wildman–Crippen LogP) is 2.05. The summed E-state index contributed by atoms with van der Waals surface area (Å²) in [6, 6.07) is 5.90. The topological polar surface area (TPSA) is 110 Å². The van der Waals surface area contributed by atoms with Crippen molar-refractivity contribution in [3.8, 4) is 11.5 Å². The van der Waals surface area contributed by atoms with Crippen LogP contribution in [-0.2, 0) is 0 Å². The van der Waals surface area contributed by atoms with Crippen molar-refractivity contribution in [3.05, 3.63) is 35.7 Å². The van der Waals surface area contributed by atoms with E-state index in [4.69, 9.17) is 5.73 Å². The zero-order valence-corrected chi connectivity index (χ0v) is 13.1. The lowest BCUT2D eigenvalue weighted by molar-refractivity contribution is 0.0948. The van der Waals surface area contributed by atoms with Crippen LogP contribution >= 0.6 is 0 Å². The molecule has 4 N–H and O–H groups in total. The van der Waals surface area contributed by atoms with Crippen LogP contribution in [0.5, 0.6) is 0 Å². The van der Waals surface area contributed by atoms with Crippen molar-refractivity contribution >= 4 is 22.8 Å². The van der Waals surface area contributed by atoms with Gasteiger partial charge in [-0.05, 0) is 31.0 Å². The number of rotatable bonds is 4. The van der Waals surface area contributed by atoms with E-state index in [9.17, 15) is 4.79 Å². The van der Waals surface area contributed by atoms with E-state index in [-0.39, 0.29) is 17.4 Å². The summed E-state index contributed by atoms with van der Waals surface area (Å²) >= 11 is 0. The standard InChI is InChI=1S/C16H18N6O/c1-3-6-18-16(23)12-8-19-14(17)13(20-12)15-21-10-5-4-9(2)7-11(10)22-15/h4-5,7-8H,3,6H2,1-2H3,(H2,17,19)(H,18,23)(H,21,22). The van der Waals surface area contributed by atoms with Gasteiger partial charge in [0.05, 0.1) is 17.2 Å². The molecule has 2 aromatic heterocycles. The Morgan fingerprint density at radius 1 is 1.35 bits per heavy atom. The third-order valence-electron chi connectivity index (χ3n) is 3.43. The minimum absolute atomic E-state index is 0.222. The van der Waals surface area contributed by atoms with Gasteiger partial charge in [0.2, 0.25) is 0 Å². The number of hydrogen-bond donors (Lipinski definition) is 3. The number of amides is 1. The number of nitrogens with zero attached hydrogens (tertiary/aromatic N) is 3. The summed E-state index contributed by atoms with van der Waals surface area (Å²) in [6.07, 6.45) is 2.22. The average molecular weight is 310 g/mol. The summed E-state index contributed by atoms with van der Waals surface area (Å²) in [4.78, 5) is 28.1. The van der Waals surface area contributed by atoms with Gasteiger partial charge in [0.1, 0.15) is 11.4 Å². The molecule has 0 unspecified atom stereocenters. The van der Waals surface area contributed by atoms with Crippen molar-refractivity contribution in [2.75, 3.05) is 12.3 Å². The number of fused-ring (bicyclic) bond motifs is 1. The number of benzene rings is 1. The van der Waals surface area contributed by atoms with E-state index in [2.05, 4.69) is 25.3 Å². The maximum absolute atomic E-state index is 12.0. The number of anilines is 1. The molecule has 0 atom stereocenters. The van der Waals surface area contributed by atoms with E-state index in [1.807, 2.05) is 32.0 Å². The van der Waals surface area contributed by atoms with Gasteiger partial charge in [-0.2, -0.15) is 0 Å².